The molecular weight excluding hydrogens is 344 g/mol. The highest BCUT2D eigenvalue weighted by Crippen LogP contribution is 2.30. The highest BCUT2D eigenvalue weighted by atomic mass is 79.9. The Kier molecular flexibility index (Phi) is 4.95. The van der Waals surface area contributed by atoms with Crippen molar-refractivity contribution in [1.29, 1.82) is 0 Å². The summed E-state index contributed by atoms with van der Waals surface area (Å²) in [5.74, 6) is -0.878. The third-order valence-corrected chi connectivity index (χ3v) is 3.31. The number of hydrogen-bond acceptors (Lipinski definition) is 4. The van der Waals surface area contributed by atoms with Gasteiger partial charge in [0.15, 0.2) is 23.3 Å². The van der Waals surface area contributed by atoms with Gasteiger partial charge in [0.2, 0.25) is 0 Å². The SMILES string of the molecule is CCNc1nc(Nc2ccc(OC)c(Br)c2)c(F)cc1F. The lowest BCUT2D eigenvalue weighted by Gasteiger charge is -2.11. The van der Waals surface area contributed by atoms with E-state index in [0.717, 1.165) is 6.07 Å². The summed E-state index contributed by atoms with van der Waals surface area (Å²) in [6.45, 7) is 2.29. The number of anilines is 3. The molecule has 1 heterocycles. The van der Waals surface area contributed by atoms with E-state index >= 15 is 0 Å². The summed E-state index contributed by atoms with van der Waals surface area (Å²) in [7, 11) is 1.55. The number of nitrogens with zero attached hydrogens (tertiary/aromatic N) is 1. The fourth-order valence-electron chi connectivity index (χ4n) is 1.73. The van der Waals surface area contributed by atoms with Crippen molar-refractivity contribution in [2.45, 2.75) is 6.92 Å². The van der Waals surface area contributed by atoms with E-state index in [1.807, 2.05) is 0 Å². The maximum absolute atomic E-state index is 13.8. The van der Waals surface area contributed by atoms with Crippen LogP contribution in [0.5, 0.6) is 5.75 Å². The summed E-state index contributed by atoms with van der Waals surface area (Å²) in [4.78, 5) is 3.91. The third kappa shape index (κ3) is 3.60. The van der Waals surface area contributed by atoms with Gasteiger partial charge in [-0.2, -0.15) is 0 Å². The van der Waals surface area contributed by atoms with E-state index in [-0.39, 0.29) is 11.6 Å². The van der Waals surface area contributed by atoms with Crippen LogP contribution in [0.2, 0.25) is 0 Å². The molecule has 2 N–H and O–H groups in total. The number of hydrogen-bond donors (Lipinski definition) is 2. The zero-order valence-corrected chi connectivity index (χ0v) is 13.1. The Bertz CT molecular complexity index is 652. The van der Waals surface area contributed by atoms with E-state index in [4.69, 9.17) is 4.74 Å². The highest BCUT2D eigenvalue weighted by Gasteiger charge is 2.12. The van der Waals surface area contributed by atoms with Crippen LogP contribution in [-0.4, -0.2) is 18.6 Å². The minimum atomic E-state index is -0.763. The average Bonchev–Trinajstić information content (AvgIpc) is 2.44. The van der Waals surface area contributed by atoms with Gasteiger partial charge >= 0.3 is 0 Å². The van der Waals surface area contributed by atoms with Gasteiger partial charge in [-0.15, -0.1) is 0 Å². The van der Waals surface area contributed by atoms with Gasteiger partial charge in [-0.05, 0) is 41.1 Å². The van der Waals surface area contributed by atoms with E-state index in [1.54, 1.807) is 32.2 Å². The second-order valence-corrected chi connectivity index (χ2v) is 5.01. The normalized spacial score (nSPS) is 10.3. The lowest BCUT2D eigenvalue weighted by atomic mass is 10.3. The molecule has 21 heavy (non-hydrogen) atoms. The second kappa shape index (κ2) is 6.71. The van der Waals surface area contributed by atoms with Gasteiger partial charge in [-0.25, -0.2) is 13.8 Å². The molecule has 0 amide bonds. The van der Waals surface area contributed by atoms with E-state index in [9.17, 15) is 8.78 Å². The highest BCUT2D eigenvalue weighted by molar-refractivity contribution is 9.10. The number of nitrogens with one attached hydrogen (secondary N) is 2. The molecule has 0 spiro atoms. The van der Waals surface area contributed by atoms with E-state index < -0.39 is 11.6 Å². The van der Waals surface area contributed by atoms with Gasteiger partial charge < -0.3 is 15.4 Å². The monoisotopic (exact) mass is 357 g/mol. The minimum Gasteiger partial charge on any atom is -0.496 e. The van der Waals surface area contributed by atoms with Crippen LogP contribution in [0.4, 0.5) is 26.1 Å². The first kappa shape index (κ1) is 15.5. The summed E-state index contributed by atoms with van der Waals surface area (Å²) >= 11 is 3.34. The average molecular weight is 358 g/mol. The lowest BCUT2D eigenvalue weighted by molar-refractivity contribution is 0.412. The fourth-order valence-corrected chi connectivity index (χ4v) is 2.27. The van der Waals surface area contributed by atoms with E-state index in [1.165, 1.54) is 0 Å². The van der Waals surface area contributed by atoms with Gasteiger partial charge in [-0.1, -0.05) is 0 Å². The van der Waals surface area contributed by atoms with Gasteiger partial charge in [0.05, 0.1) is 11.6 Å². The third-order valence-electron chi connectivity index (χ3n) is 2.69. The molecule has 0 radical (unpaired) electrons. The van der Waals surface area contributed by atoms with Crippen LogP contribution < -0.4 is 15.4 Å². The molecular formula is C14H14BrF2N3O. The summed E-state index contributed by atoms with van der Waals surface area (Å²) in [6.07, 6.45) is 0. The topological polar surface area (TPSA) is 46.2 Å². The lowest BCUT2D eigenvalue weighted by Crippen LogP contribution is -2.06. The smallest absolute Gasteiger partial charge is 0.169 e. The fraction of sp³-hybridized carbons (Fsp3) is 0.214. The van der Waals surface area contributed by atoms with Crippen molar-refractivity contribution in [2.24, 2.45) is 0 Å². The van der Waals surface area contributed by atoms with Crippen LogP contribution in [0.3, 0.4) is 0 Å². The Morgan fingerprint density at radius 1 is 1.19 bits per heavy atom. The van der Waals surface area contributed by atoms with Crippen LogP contribution in [-0.2, 0) is 0 Å². The zero-order chi connectivity index (χ0) is 15.4. The molecule has 1 aromatic heterocycles. The number of methoxy groups -OCH3 is 1. The first-order valence-electron chi connectivity index (χ1n) is 6.25. The molecule has 4 nitrogen and oxygen atoms in total. The van der Waals surface area contributed by atoms with Crippen LogP contribution in [0.1, 0.15) is 6.92 Å². The van der Waals surface area contributed by atoms with Gasteiger partial charge in [0, 0.05) is 18.3 Å². The molecule has 2 aromatic rings. The standard InChI is InChI=1S/C14H14BrF2N3O/c1-3-18-13-10(16)7-11(17)14(20-13)19-8-4-5-12(21-2)9(15)6-8/h4-7H,3H2,1-2H3,(H2,18,19,20). The zero-order valence-electron chi connectivity index (χ0n) is 11.5. The molecule has 1 aromatic carbocycles. The van der Waals surface area contributed by atoms with Crippen LogP contribution in [0, 0.1) is 11.6 Å². The number of benzene rings is 1. The Balaban J connectivity index is 2.30. The molecule has 0 unspecified atom stereocenters. The first-order valence-corrected chi connectivity index (χ1v) is 7.05. The second-order valence-electron chi connectivity index (χ2n) is 4.15. The van der Waals surface area contributed by atoms with Crippen molar-refractivity contribution in [3.63, 3.8) is 0 Å². The molecule has 0 aliphatic heterocycles. The predicted octanol–water partition coefficient (Wildman–Crippen LogP) is 4.31. The summed E-state index contributed by atoms with van der Waals surface area (Å²) in [5.41, 5.74) is 0.600. The maximum Gasteiger partial charge on any atom is 0.169 e. The number of ether oxygens (including phenoxy) is 1. The molecule has 0 saturated heterocycles. The van der Waals surface area contributed by atoms with Crippen LogP contribution in [0.25, 0.3) is 0 Å². The van der Waals surface area contributed by atoms with E-state index in [0.29, 0.717) is 22.5 Å². The largest absolute Gasteiger partial charge is 0.496 e. The molecule has 0 fully saturated rings. The van der Waals surface area contributed by atoms with E-state index in [2.05, 4.69) is 31.5 Å². The van der Waals surface area contributed by atoms with Gasteiger partial charge in [0.1, 0.15) is 5.75 Å². The van der Waals surface area contributed by atoms with Crippen molar-refractivity contribution < 1.29 is 13.5 Å². The minimum absolute atomic E-state index is 0.00831. The maximum atomic E-state index is 13.8. The number of pyridine rings is 1. The Morgan fingerprint density at radius 2 is 1.90 bits per heavy atom. The number of halogens is 3. The number of rotatable bonds is 5. The van der Waals surface area contributed by atoms with Crippen molar-refractivity contribution >= 4 is 33.3 Å². The predicted molar refractivity (Wildman–Crippen MR) is 82.3 cm³/mol. The molecule has 0 saturated carbocycles. The molecule has 112 valence electrons. The van der Waals surface area contributed by atoms with Crippen molar-refractivity contribution in [2.75, 3.05) is 24.3 Å². The quantitative estimate of drug-likeness (QED) is 0.836. The Hall–Kier alpha value is -1.89. The molecule has 0 aliphatic rings. The summed E-state index contributed by atoms with van der Waals surface area (Å²) < 4.78 is 33.1. The number of aromatic nitrogens is 1. The van der Waals surface area contributed by atoms with Gasteiger partial charge in [-0.3, -0.25) is 0 Å². The van der Waals surface area contributed by atoms with Gasteiger partial charge in [0.25, 0.3) is 0 Å². The molecule has 0 aliphatic carbocycles. The summed E-state index contributed by atoms with van der Waals surface area (Å²) in [6, 6.07) is 5.95. The van der Waals surface area contributed by atoms with Crippen molar-refractivity contribution in [3.05, 3.63) is 40.4 Å². The molecule has 0 bridgehead atoms. The Labute approximate surface area is 129 Å². The first-order chi connectivity index (χ1) is 10.0. The van der Waals surface area contributed by atoms with Crippen molar-refractivity contribution in [1.82, 2.24) is 4.98 Å². The molecule has 7 heteroatoms. The van der Waals surface area contributed by atoms with Crippen LogP contribution >= 0.6 is 15.9 Å². The Morgan fingerprint density at radius 3 is 2.52 bits per heavy atom. The molecule has 0 atom stereocenters. The van der Waals surface area contributed by atoms with Crippen LogP contribution in [0.15, 0.2) is 28.7 Å². The molecule has 2 rings (SSSR count). The van der Waals surface area contributed by atoms with Crippen molar-refractivity contribution in [3.8, 4) is 5.75 Å². The summed E-state index contributed by atoms with van der Waals surface area (Å²) in [5, 5.41) is 5.55.